The molecule has 0 spiro atoms. The van der Waals surface area contributed by atoms with Crippen molar-refractivity contribution in [2.75, 3.05) is 0 Å². The lowest BCUT2D eigenvalue weighted by molar-refractivity contribution is 0.661. The van der Waals surface area contributed by atoms with Gasteiger partial charge >= 0.3 is 0 Å². The van der Waals surface area contributed by atoms with E-state index in [1.807, 2.05) is 11.3 Å². The average molecular weight is 683 g/mol. The highest BCUT2D eigenvalue weighted by Gasteiger charge is 2.38. The van der Waals surface area contributed by atoms with Crippen LogP contribution in [0.4, 0.5) is 0 Å². The molecule has 246 valence electrons. The number of hydrogen-bond acceptors (Lipinski definition) is 3. The highest BCUT2D eigenvalue weighted by atomic mass is 32.1. The minimum Gasteiger partial charge on any atom is -0.228 e. The average Bonchev–Trinajstić information content (AvgIpc) is 3.70. The Morgan fingerprint density at radius 3 is 1.81 bits per heavy atom. The molecule has 0 aliphatic heterocycles. The normalized spacial score (nSPS) is 13.0. The third-order valence-corrected chi connectivity index (χ3v) is 12.0. The van der Waals surface area contributed by atoms with Crippen LogP contribution in [0.25, 0.3) is 87.5 Å². The van der Waals surface area contributed by atoms with Gasteiger partial charge in [-0.05, 0) is 56.6 Å². The molecule has 52 heavy (non-hydrogen) atoms. The third-order valence-electron chi connectivity index (χ3n) is 10.7. The van der Waals surface area contributed by atoms with E-state index >= 15 is 0 Å². The van der Waals surface area contributed by atoms with E-state index < -0.39 is 0 Å². The molecule has 0 amide bonds. The predicted octanol–water partition coefficient (Wildman–Crippen LogP) is 13.5. The summed E-state index contributed by atoms with van der Waals surface area (Å²) in [5.74, 6) is 0.748. The maximum atomic E-state index is 5.47. The lowest BCUT2D eigenvalue weighted by atomic mass is 9.80. The second-order valence-corrected chi connectivity index (χ2v) is 15.2. The molecule has 1 aliphatic carbocycles. The Balaban J connectivity index is 1.20. The van der Waals surface area contributed by atoms with Crippen molar-refractivity contribution >= 4 is 31.5 Å². The van der Waals surface area contributed by atoms with Crippen LogP contribution in [0.15, 0.2) is 170 Å². The van der Waals surface area contributed by atoms with Crippen molar-refractivity contribution in [1.29, 1.82) is 0 Å². The first-order valence-electron chi connectivity index (χ1n) is 17.8. The first-order chi connectivity index (χ1) is 25.5. The summed E-state index contributed by atoms with van der Waals surface area (Å²) in [4.78, 5) is 10.9. The van der Waals surface area contributed by atoms with Crippen molar-refractivity contribution in [3.63, 3.8) is 0 Å². The molecule has 2 heterocycles. The number of nitrogens with zero attached hydrogens (tertiary/aromatic N) is 2. The van der Waals surface area contributed by atoms with Gasteiger partial charge in [-0.3, -0.25) is 0 Å². The molecule has 0 saturated carbocycles. The Bertz CT molecular complexity index is 2810. The van der Waals surface area contributed by atoms with Gasteiger partial charge in [-0.25, -0.2) is 9.97 Å². The Morgan fingerprint density at radius 2 is 0.981 bits per heavy atom. The number of rotatable bonds is 5. The van der Waals surface area contributed by atoms with Crippen LogP contribution in [0, 0.1) is 0 Å². The maximum Gasteiger partial charge on any atom is 0.160 e. The summed E-state index contributed by atoms with van der Waals surface area (Å²) in [6, 6.07) is 61.0. The quantitative estimate of drug-likeness (QED) is 0.181. The van der Waals surface area contributed by atoms with Crippen molar-refractivity contribution in [2.45, 2.75) is 19.3 Å². The van der Waals surface area contributed by atoms with E-state index in [2.05, 4.69) is 184 Å². The van der Waals surface area contributed by atoms with E-state index in [9.17, 15) is 0 Å². The molecule has 9 aromatic rings. The van der Waals surface area contributed by atoms with Gasteiger partial charge in [0.1, 0.15) is 0 Å². The molecule has 0 saturated heterocycles. The molecule has 7 aromatic carbocycles. The molecule has 10 rings (SSSR count). The number of aromatic nitrogens is 2. The van der Waals surface area contributed by atoms with E-state index in [1.165, 1.54) is 53.6 Å². The van der Waals surface area contributed by atoms with Crippen molar-refractivity contribution in [1.82, 2.24) is 9.97 Å². The summed E-state index contributed by atoms with van der Waals surface area (Å²) in [5.41, 5.74) is 14.8. The number of hydrogen-bond donors (Lipinski definition) is 0. The van der Waals surface area contributed by atoms with Crippen LogP contribution in [-0.2, 0) is 5.41 Å². The molecular weight excluding hydrogens is 649 g/mol. The molecule has 0 bridgehead atoms. The van der Waals surface area contributed by atoms with Crippen LogP contribution < -0.4 is 0 Å². The molecule has 0 radical (unpaired) electrons. The molecule has 0 unspecified atom stereocenters. The molecule has 0 atom stereocenters. The van der Waals surface area contributed by atoms with Crippen LogP contribution >= 0.6 is 11.3 Å². The second kappa shape index (κ2) is 12.0. The molecule has 2 nitrogen and oxygen atoms in total. The minimum absolute atomic E-state index is 0.202. The number of fused-ring (bicyclic) bond motifs is 6. The third kappa shape index (κ3) is 4.85. The van der Waals surface area contributed by atoms with E-state index in [0.29, 0.717) is 0 Å². The SMILES string of the molecule is CC1(C)c2ccccc2-c2cccc(-c3nc(-c4ccccc4-c4ccc(-c5ccccc5)cc4)cc(-c4cccc5c4sc4ccccc45)n3)c21. The van der Waals surface area contributed by atoms with Gasteiger partial charge in [-0.15, -0.1) is 11.3 Å². The largest absolute Gasteiger partial charge is 0.228 e. The van der Waals surface area contributed by atoms with Gasteiger partial charge in [-0.1, -0.05) is 172 Å². The van der Waals surface area contributed by atoms with Crippen molar-refractivity contribution in [3.05, 3.63) is 181 Å². The highest BCUT2D eigenvalue weighted by molar-refractivity contribution is 7.26. The molecule has 3 heteroatoms. The zero-order valence-corrected chi connectivity index (χ0v) is 29.8. The summed E-state index contributed by atoms with van der Waals surface area (Å²) in [5, 5.41) is 2.54. The molecule has 0 N–H and O–H groups in total. The fraction of sp³-hybridized carbons (Fsp3) is 0.0612. The summed E-state index contributed by atoms with van der Waals surface area (Å²) in [6.07, 6.45) is 0. The summed E-state index contributed by atoms with van der Waals surface area (Å²) in [7, 11) is 0. The molecule has 2 aromatic heterocycles. The Hall–Kier alpha value is -6.16. The van der Waals surface area contributed by atoms with Gasteiger partial charge in [0.15, 0.2) is 5.82 Å². The van der Waals surface area contributed by atoms with Crippen molar-refractivity contribution < 1.29 is 0 Å². The zero-order chi connectivity index (χ0) is 34.8. The van der Waals surface area contributed by atoms with Gasteiger partial charge < -0.3 is 0 Å². The van der Waals surface area contributed by atoms with Gasteiger partial charge in [0.25, 0.3) is 0 Å². The Morgan fingerprint density at radius 1 is 0.423 bits per heavy atom. The fourth-order valence-electron chi connectivity index (χ4n) is 8.26. The lowest BCUT2D eigenvalue weighted by Crippen LogP contribution is -2.16. The minimum atomic E-state index is -0.202. The van der Waals surface area contributed by atoms with Gasteiger partial charge in [0.05, 0.1) is 11.4 Å². The lowest BCUT2D eigenvalue weighted by Gasteiger charge is -2.24. The Kier molecular flexibility index (Phi) is 7.06. The number of thiophene rings is 1. The summed E-state index contributed by atoms with van der Waals surface area (Å²) < 4.78 is 2.53. The standard InChI is InChI=1S/C49H34N2S/c1-49(2)42-24-10-8-17-35(42)38-20-12-23-41(46(38)49)48-50-43(30-44(51-48)40-22-13-21-39-37-19-9-11-25-45(37)52-47(39)40)36-18-7-6-16-34(36)33-28-26-32(27-29-33)31-14-4-3-5-15-31/h3-30H,1-2H3. The first-order valence-corrected chi connectivity index (χ1v) is 18.6. The van der Waals surface area contributed by atoms with E-state index in [-0.39, 0.29) is 5.41 Å². The highest BCUT2D eigenvalue weighted by Crippen LogP contribution is 2.52. The van der Waals surface area contributed by atoms with Crippen LogP contribution in [0.3, 0.4) is 0 Å². The smallest absolute Gasteiger partial charge is 0.160 e. The molecule has 0 fully saturated rings. The zero-order valence-electron chi connectivity index (χ0n) is 29.0. The molecular formula is C49H34N2S. The van der Waals surface area contributed by atoms with Gasteiger partial charge in [-0.2, -0.15) is 0 Å². The second-order valence-electron chi connectivity index (χ2n) is 14.1. The van der Waals surface area contributed by atoms with Gasteiger partial charge in [0.2, 0.25) is 0 Å². The van der Waals surface area contributed by atoms with Crippen LogP contribution in [-0.4, -0.2) is 9.97 Å². The molecule has 1 aliphatic rings. The fourth-order valence-corrected chi connectivity index (χ4v) is 9.48. The van der Waals surface area contributed by atoms with Crippen molar-refractivity contribution in [2.24, 2.45) is 0 Å². The number of benzene rings is 7. The van der Waals surface area contributed by atoms with Crippen LogP contribution in [0.2, 0.25) is 0 Å². The maximum absolute atomic E-state index is 5.47. The van der Waals surface area contributed by atoms with E-state index in [0.717, 1.165) is 45.0 Å². The van der Waals surface area contributed by atoms with E-state index in [4.69, 9.17) is 9.97 Å². The van der Waals surface area contributed by atoms with Crippen molar-refractivity contribution in [3.8, 4) is 67.3 Å². The van der Waals surface area contributed by atoms with E-state index in [1.54, 1.807) is 0 Å². The first kappa shape index (κ1) is 30.6. The Labute approximate surface area is 307 Å². The monoisotopic (exact) mass is 682 g/mol. The topological polar surface area (TPSA) is 25.8 Å². The summed E-state index contributed by atoms with van der Waals surface area (Å²) >= 11 is 1.84. The van der Waals surface area contributed by atoms with Crippen LogP contribution in [0.5, 0.6) is 0 Å². The predicted molar refractivity (Wildman–Crippen MR) is 220 cm³/mol. The van der Waals surface area contributed by atoms with Gasteiger partial charge in [0, 0.05) is 42.3 Å². The van der Waals surface area contributed by atoms with Crippen LogP contribution in [0.1, 0.15) is 25.0 Å². The summed E-state index contributed by atoms with van der Waals surface area (Å²) in [6.45, 7) is 4.66.